The first-order valence-corrected chi connectivity index (χ1v) is 12.6. The fourth-order valence-electron chi connectivity index (χ4n) is 3.79. The van der Waals surface area contributed by atoms with E-state index in [4.69, 9.17) is 9.47 Å². The highest BCUT2D eigenvalue weighted by molar-refractivity contribution is 8.04. The second-order valence-corrected chi connectivity index (χ2v) is 9.14. The molecule has 0 saturated heterocycles. The van der Waals surface area contributed by atoms with Crippen LogP contribution in [0.25, 0.3) is 0 Å². The Hall–Kier alpha value is -4.49. The van der Waals surface area contributed by atoms with Crippen LogP contribution in [0.4, 0.5) is 11.4 Å². The third kappa shape index (κ3) is 5.52. The van der Waals surface area contributed by atoms with Gasteiger partial charge >= 0.3 is 0 Å². The minimum Gasteiger partial charge on any atom is -0.494 e. The summed E-state index contributed by atoms with van der Waals surface area (Å²) >= 11 is 1.26. The summed E-state index contributed by atoms with van der Waals surface area (Å²) < 4.78 is 11.4. The summed E-state index contributed by atoms with van der Waals surface area (Å²) in [6.45, 7) is 2.48. The largest absolute Gasteiger partial charge is 0.494 e. The van der Waals surface area contributed by atoms with Crippen molar-refractivity contribution in [2.75, 3.05) is 16.8 Å². The molecule has 0 aromatic heterocycles. The van der Waals surface area contributed by atoms with E-state index in [0.29, 0.717) is 34.4 Å². The summed E-state index contributed by atoms with van der Waals surface area (Å²) in [5.74, 6) is 1.23. The van der Waals surface area contributed by atoms with E-state index >= 15 is 0 Å². The number of rotatable bonds is 9. The molecule has 4 aromatic carbocycles. The maximum atomic E-state index is 13.6. The molecule has 6 nitrogen and oxygen atoms in total. The molecule has 0 aliphatic carbocycles. The monoisotopic (exact) mass is 508 g/mol. The quantitative estimate of drug-likeness (QED) is 0.249. The average Bonchev–Trinajstić information content (AvgIpc) is 3.15. The lowest BCUT2D eigenvalue weighted by atomic mass is 10.2. The molecule has 0 bridgehead atoms. The van der Waals surface area contributed by atoms with E-state index in [9.17, 15) is 9.59 Å². The number of carbonyl (C=O) groups is 2. The highest BCUT2D eigenvalue weighted by Crippen LogP contribution is 2.38. The van der Waals surface area contributed by atoms with Gasteiger partial charge in [0, 0.05) is 10.6 Å². The number of ether oxygens (including phenoxy) is 2. The Balaban J connectivity index is 1.42. The smallest absolute Gasteiger partial charge is 0.283 e. The molecule has 7 heteroatoms. The van der Waals surface area contributed by atoms with Gasteiger partial charge in [0.25, 0.3) is 11.8 Å². The number of imide groups is 1. The van der Waals surface area contributed by atoms with E-state index in [1.165, 1.54) is 16.7 Å². The highest BCUT2D eigenvalue weighted by Gasteiger charge is 2.40. The van der Waals surface area contributed by atoms with Crippen LogP contribution >= 0.6 is 11.8 Å². The SMILES string of the molecule is CCOc1ccc(NC2=C(Sc3ccccc3)C(=O)N(c3ccc(Oc4ccccc4)cc3)C2=O)cc1. The molecule has 37 heavy (non-hydrogen) atoms. The van der Waals surface area contributed by atoms with Gasteiger partial charge in [-0.3, -0.25) is 9.59 Å². The van der Waals surface area contributed by atoms with Gasteiger partial charge in [-0.1, -0.05) is 48.2 Å². The molecule has 0 unspecified atom stereocenters. The first kappa shape index (κ1) is 24.2. The number of amides is 2. The standard InChI is InChI=1S/C30H24N2O4S/c1-2-35-23-17-13-21(14-18-23)31-27-28(37-26-11-7-4-8-12-26)30(34)32(29(27)33)22-15-19-25(20-16-22)36-24-9-5-3-6-10-24/h3-20,31H,2H2,1H3. The van der Waals surface area contributed by atoms with E-state index < -0.39 is 5.91 Å². The van der Waals surface area contributed by atoms with Crippen molar-refractivity contribution in [3.63, 3.8) is 0 Å². The van der Waals surface area contributed by atoms with Gasteiger partial charge in [-0.05, 0) is 79.7 Å². The van der Waals surface area contributed by atoms with Gasteiger partial charge in [-0.25, -0.2) is 4.90 Å². The summed E-state index contributed by atoms with van der Waals surface area (Å²) in [7, 11) is 0. The van der Waals surface area contributed by atoms with E-state index in [-0.39, 0.29) is 11.6 Å². The number of anilines is 2. The van der Waals surface area contributed by atoms with E-state index in [1.54, 1.807) is 24.3 Å². The molecular formula is C30H24N2O4S. The normalized spacial score (nSPS) is 13.2. The van der Waals surface area contributed by atoms with Crippen molar-refractivity contribution in [3.05, 3.63) is 120 Å². The van der Waals surface area contributed by atoms with Crippen molar-refractivity contribution in [2.45, 2.75) is 11.8 Å². The van der Waals surface area contributed by atoms with Gasteiger partial charge in [0.2, 0.25) is 0 Å². The molecular weight excluding hydrogens is 484 g/mol. The predicted molar refractivity (Wildman–Crippen MR) is 146 cm³/mol. The third-order valence-corrected chi connectivity index (χ3v) is 6.60. The number of hydrogen-bond donors (Lipinski definition) is 1. The zero-order valence-corrected chi connectivity index (χ0v) is 20.9. The van der Waals surface area contributed by atoms with Gasteiger partial charge in [-0.15, -0.1) is 0 Å². The summed E-state index contributed by atoms with van der Waals surface area (Å²) in [6.07, 6.45) is 0. The molecule has 2 amide bonds. The van der Waals surface area contributed by atoms with Crippen molar-refractivity contribution >= 4 is 35.0 Å². The number of thioether (sulfide) groups is 1. The summed E-state index contributed by atoms with van der Waals surface area (Å²) in [5.41, 5.74) is 1.37. The molecule has 0 saturated carbocycles. The number of carbonyl (C=O) groups excluding carboxylic acids is 2. The average molecular weight is 509 g/mol. The van der Waals surface area contributed by atoms with Crippen LogP contribution in [-0.4, -0.2) is 18.4 Å². The second-order valence-electron chi connectivity index (χ2n) is 8.06. The van der Waals surface area contributed by atoms with Crippen molar-refractivity contribution in [2.24, 2.45) is 0 Å². The minimum atomic E-state index is -0.422. The Morgan fingerprint density at radius 2 is 1.30 bits per heavy atom. The van der Waals surface area contributed by atoms with Gasteiger partial charge in [0.05, 0.1) is 12.3 Å². The molecule has 4 aromatic rings. The number of benzene rings is 4. The summed E-state index contributed by atoms with van der Waals surface area (Å²) in [5, 5.41) is 3.17. The predicted octanol–water partition coefficient (Wildman–Crippen LogP) is 6.87. The zero-order valence-electron chi connectivity index (χ0n) is 20.1. The molecule has 1 aliphatic rings. The molecule has 0 atom stereocenters. The molecule has 0 spiro atoms. The van der Waals surface area contributed by atoms with Crippen molar-refractivity contribution in [3.8, 4) is 17.2 Å². The molecule has 0 fully saturated rings. The fraction of sp³-hybridized carbons (Fsp3) is 0.0667. The Kier molecular flexibility index (Phi) is 7.23. The molecule has 1 heterocycles. The lowest BCUT2D eigenvalue weighted by Crippen LogP contribution is -2.32. The summed E-state index contributed by atoms with van der Waals surface area (Å²) in [4.78, 5) is 29.5. The summed E-state index contributed by atoms with van der Waals surface area (Å²) in [6, 6.07) is 33.1. The maximum Gasteiger partial charge on any atom is 0.283 e. The zero-order chi connectivity index (χ0) is 25.6. The van der Waals surface area contributed by atoms with Crippen LogP contribution in [0.1, 0.15) is 6.92 Å². The lowest BCUT2D eigenvalue weighted by molar-refractivity contribution is -0.120. The van der Waals surface area contributed by atoms with E-state index in [2.05, 4.69) is 5.32 Å². The topological polar surface area (TPSA) is 67.9 Å². The third-order valence-electron chi connectivity index (χ3n) is 5.51. The van der Waals surface area contributed by atoms with Crippen molar-refractivity contribution in [1.29, 1.82) is 0 Å². The number of hydrogen-bond acceptors (Lipinski definition) is 6. The number of para-hydroxylation sites is 1. The Morgan fingerprint density at radius 1 is 0.703 bits per heavy atom. The molecule has 1 N–H and O–H groups in total. The van der Waals surface area contributed by atoms with Gasteiger partial charge in [0.15, 0.2) is 0 Å². The van der Waals surface area contributed by atoms with Gasteiger partial charge in [-0.2, -0.15) is 0 Å². The van der Waals surface area contributed by atoms with Crippen molar-refractivity contribution in [1.82, 2.24) is 0 Å². The van der Waals surface area contributed by atoms with Crippen molar-refractivity contribution < 1.29 is 19.1 Å². The second kappa shape index (κ2) is 11.1. The first-order valence-electron chi connectivity index (χ1n) is 11.8. The Labute approximate surface area is 219 Å². The maximum absolute atomic E-state index is 13.6. The van der Waals surface area contributed by atoms with Crippen LogP contribution < -0.4 is 19.7 Å². The fourth-order valence-corrected chi connectivity index (χ4v) is 4.74. The highest BCUT2D eigenvalue weighted by atomic mass is 32.2. The number of nitrogens with zero attached hydrogens (tertiary/aromatic N) is 1. The van der Waals surface area contributed by atoms with Crippen LogP contribution in [0.3, 0.4) is 0 Å². The number of nitrogens with one attached hydrogen (secondary N) is 1. The Bertz CT molecular complexity index is 1420. The van der Waals surface area contributed by atoms with Crippen LogP contribution in [-0.2, 0) is 9.59 Å². The molecule has 184 valence electrons. The minimum absolute atomic E-state index is 0.229. The molecule has 0 radical (unpaired) electrons. The van der Waals surface area contributed by atoms with E-state index in [0.717, 1.165) is 10.6 Å². The lowest BCUT2D eigenvalue weighted by Gasteiger charge is -2.16. The van der Waals surface area contributed by atoms with Crippen LogP contribution in [0.2, 0.25) is 0 Å². The van der Waals surface area contributed by atoms with Gasteiger partial charge in [0.1, 0.15) is 27.9 Å². The van der Waals surface area contributed by atoms with Crippen LogP contribution in [0.5, 0.6) is 17.2 Å². The first-order chi connectivity index (χ1) is 18.1. The molecule has 1 aliphatic heterocycles. The molecule has 5 rings (SSSR count). The van der Waals surface area contributed by atoms with Gasteiger partial charge < -0.3 is 14.8 Å². The van der Waals surface area contributed by atoms with E-state index in [1.807, 2.05) is 91.9 Å². The van der Waals surface area contributed by atoms with Crippen LogP contribution in [0.15, 0.2) is 125 Å². The van der Waals surface area contributed by atoms with Crippen LogP contribution in [0, 0.1) is 0 Å². The Morgan fingerprint density at radius 3 is 1.95 bits per heavy atom.